The Morgan fingerprint density at radius 2 is 1.74 bits per heavy atom. The van der Waals surface area contributed by atoms with E-state index >= 15 is 0 Å². The van der Waals surface area contributed by atoms with E-state index in [-0.39, 0.29) is 18.1 Å². The van der Waals surface area contributed by atoms with Crippen molar-refractivity contribution >= 4 is 29.5 Å². The van der Waals surface area contributed by atoms with Gasteiger partial charge in [0.15, 0.2) is 5.76 Å². The fraction of sp³-hybridized carbons (Fsp3) is 0.0870. The lowest BCUT2D eigenvalue weighted by Gasteiger charge is -2.11. The summed E-state index contributed by atoms with van der Waals surface area (Å²) in [5.74, 6) is -2.11. The fourth-order valence-corrected chi connectivity index (χ4v) is 2.58. The van der Waals surface area contributed by atoms with Gasteiger partial charge in [-0.1, -0.05) is 12.1 Å². The summed E-state index contributed by atoms with van der Waals surface area (Å²) in [5.41, 5.74) is 1.16. The molecule has 0 unspecified atom stereocenters. The quantitative estimate of drug-likeness (QED) is 0.443. The van der Waals surface area contributed by atoms with E-state index < -0.39 is 23.6 Å². The van der Waals surface area contributed by atoms with Gasteiger partial charge in [0.05, 0.1) is 18.4 Å². The van der Waals surface area contributed by atoms with Crippen LogP contribution in [0.25, 0.3) is 6.08 Å². The summed E-state index contributed by atoms with van der Waals surface area (Å²) in [5, 5.41) is 5.14. The molecule has 2 amide bonds. The topological polar surface area (TPSA) is 97.6 Å². The van der Waals surface area contributed by atoms with Crippen LogP contribution in [-0.4, -0.2) is 24.4 Å². The average molecular weight is 422 g/mol. The van der Waals surface area contributed by atoms with Gasteiger partial charge in [0.2, 0.25) is 0 Å². The van der Waals surface area contributed by atoms with Crippen molar-refractivity contribution in [1.29, 1.82) is 0 Å². The Bertz CT molecular complexity index is 1090. The number of nitrogens with one attached hydrogen (secondary N) is 2. The van der Waals surface area contributed by atoms with Crippen molar-refractivity contribution < 1.29 is 27.9 Å². The van der Waals surface area contributed by atoms with E-state index in [1.807, 2.05) is 0 Å². The van der Waals surface area contributed by atoms with Crippen LogP contribution in [0.1, 0.15) is 33.4 Å². The first-order chi connectivity index (χ1) is 15.0. The predicted molar refractivity (Wildman–Crippen MR) is 112 cm³/mol. The summed E-state index contributed by atoms with van der Waals surface area (Å²) in [6.45, 7) is 1.96. The summed E-state index contributed by atoms with van der Waals surface area (Å²) in [7, 11) is 0. The second kappa shape index (κ2) is 10.0. The number of carbonyl (C=O) groups is 3. The van der Waals surface area contributed by atoms with Crippen LogP contribution in [0.3, 0.4) is 0 Å². The number of amides is 2. The van der Waals surface area contributed by atoms with Gasteiger partial charge in [-0.3, -0.25) is 9.59 Å². The fourth-order valence-electron chi connectivity index (χ4n) is 2.58. The highest BCUT2D eigenvalue weighted by Crippen LogP contribution is 2.14. The van der Waals surface area contributed by atoms with E-state index in [0.29, 0.717) is 16.8 Å². The lowest BCUT2D eigenvalue weighted by Crippen LogP contribution is -2.30. The number of furan rings is 1. The van der Waals surface area contributed by atoms with Gasteiger partial charge in [-0.05, 0) is 67.1 Å². The number of halogens is 1. The van der Waals surface area contributed by atoms with Crippen molar-refractivity contribution in [2.75, 3.05) is 11.9 Å². The highest BCUT2D eigenvalue weighted by atomic mass is 19.1. The Balaban J connectivity index is 1.80. The van der Waals surface area contributed by atoms with Crippen LogP contribution in [0, 0.1) is 5.82 Å². The second-order valence-corrected chi connectivity index (χ2v) is 6.29. The number of benzene rings is 2. The molecule has 8 heteroatoms. The maximum Gasteiger partial charge on any atom is 0.338 e. The first-order valence-electron chi connectivity index (χ1n) is 9.37. The van der Waals surface area contributed by atoms with Crippen molar-refractivity contribution in [2.45, 2.75) is 6.92 Å². The molecule has 1 heterocycles. The first-order valence-corrected chi connectivity index (χ1v) is 9.37. The molecule has 0 spiro atoms. The van der Waals surface area contributed by atoms with Crippen LogP contribution < -0.4 is 10.6 Å². The summed E-state index contributed by atoms with van der Waals surface area (Å²) in [6, 6.07) is 14.5. The molecular formula is C23H19FN2O5. The van der Waals surface area contributed by atoms with Gasteiger partial charge in [0.1, 0.15) is 11.5 Å². The zero-order chi connectivity index (χ0) is 22.2. The van der Waals surface area contributed by atoms with Crippen molar-refractivity contribution in [2.24, 2.45) is 0 Å². The first kappa shape index (κ1) is 21.5. The summed E-state index contributed by atoms with van der Waals surface area (Å²) in [4.78, 5) is 36.9. The molecule has 0 radical (unpaired) electrons. The SMILES string of the molecule is CCOC(=O)c1ccc(NC(=O)/C(=C/c2ccc(F)cc2)NC(=O)c2ccco2)cc1. The van der Waals surface area contributed by atoms with Gasteiger partial charge in [0, 0.05) is 5.69 Å². The molecule has 158 valence electrons. The molecule has 3 rings (SSSR count). The molecule has 2 aromatic carbocycles. The van der Waals surface area contributed by atoms with Crippen molar-refractivity contribution in [1.82, 2.24) is 5.32 Å². The van der Waals surface area contributed by atoms with Gasteiger partial charge >= 0.3 is 5.97 Å². The molecular weight excluding hydrogens is 403 g/mol. The minimum absolute atomic E-state index is 0.0246. The van der Waals surface area contributed by atoms with E-state index in [1.54, 1.807) is 13.0 Å². The molecule has 31 heavy (non-hydrogen) atoms. The van der Waals surface area contributed by atoms with Crippen LogP contribution in [0.4, 0.5) is 10.1 Å². The van der Waals surface area contributed by atoms with Crippen LogP contribution >= 0.6 is 0 Å². The van der Waals surface area contributed by atoms with E-state index in [4.69, 9.17) is 9.15 Å². The average Bonchev–Trinajstić information content (AvgIpc) is 3.30. The van der Waals surface area contributed by atoms with Crippen molar-refractivity contribution in [3.8, 4) is 0 Å². The highest BCUT2D eigenvalue weighted by molar-refractivity contribution is 6.10. The number of rotatable bonds is 7. The largest absolute Gasteiger partial charge is 0.462 e. The molecule has 0 bridgehead atoms. The third-order valence-electron chi connectivity index (χ3n) is 4.07. The number of anilines is 1. The molecule has 0 fully saturated rings. The molecule has 0 aliphatic carbocycles. The van der Waals surface area contributed by atoms with Gasteiger partial charge < -0.3 is 19.8 Å². The maximum absolute atomic E-state index is 13.2. The van der Waals surface area contributed by atoms with E-state index in [1.165, 1.54) is 66.9 Å². The van der Waals surface area contributed by atoms with Gasteiger partial charge in [0.25, 0.3) is 11.8 Å². The third-order valence-corrected chi connectivity index (χ3v) is 4.07. The minimum Gasteiger partial charge on any atom is -0.462 e. The number of ether oxygens (including phenoxy) is 1. The summed E-state index contributed by atoms with van der Waals surface area (Å²) in [6.07, 6.45) is 2.74. The molecule has 0 aliphatic rings. The number of esters is 1. The predicted octanol–water partition coefficient (Wildman–Crippen LogP) is 4.01. The van der Waals surface area contributed by atoms with Gasteiger partial charge in [-0.25, -0.2) is 9.18 Å². The zero-order valence-corrected chi connectivity index (χ0v) is 16.6. The van der Waals surface area contributed by atoms with Crippen molar-refractivity contribution in [3.05, 3.63) is 95.3 Å². The van der Waals surface area contributed by atoms with Gasteiger partial charge in [-0.15, -0.1) is 0 Å². The second-order valence-electron chi connectivity index (χ2n) is 6.29. The molecule has 0 aliphatic heterocycles. The van der Waals surface area contributed by atoms with Gasteiger partial charge in [-0.2, -0.15) is 0 Å². The smallest absolute Gasteiger partial charge is 0.338 e. The lowest BCUT2D eigenvalue weighted by molar-refractivity contribution is -0.113. The van der Waals surface area contributed by atoms with E-state index in [2.05, 4.69) is 10.6 Å². The molecule has 7 nitrogen and oxygen atoms in total. The van der Waals surface area contributed by atoms with Crippen molar-refractivity contribution in [3.63, 3.8) is 0 Å². The van der Waals surface area contributed by atoms with Crippen LogP contribution in [0.5, 0.6) is 0 Å². The maximum atomic E-state index is 13.2. The molecule has 2 N–H and O–H groups in total. The third kappa shape index (κ3) is 5.89. The molecule has 1 aromatic heterocycles. The normalized spacial score (nSPS) is 11.0. The number of hydrogen-bond donors (Lipinski definition) is 2. The lowest BCUT2D eigenvalue weighted by atomic mass is 10.1. The molecule has 3 aromatic rings. The molecule has 0 saturated carbocycles. The Hall–Kier alpha value is -4.20. The monoisotopic (exact) mass is 422 g/mol. The Labute approximate surface area is 177 Å². The molecule has 0 atom stereocenters. The Morgan fingerprint density at radius 3 is 2.35 bits per heavy atom. The Kier molecular flexibility index (Phi) is 6.95. The number of hydrogen-bond acceptors (Lipinski definition) is 5. The zero-order valence-electron chi connectivity index (χ0n) is 16.6. The minimum atomic E-state index is -0.619. The Morgan fingerprint density at radius 1 is 1.03 bits per heavy atom. The van der Waals surface area contributed by atoms with E-state index in [9.17, 15) is 18.8 Å². The molecule has 0 saturated heterocycles. The van der Waals surface area contributed by atoms with E-state index in [0.717, 1.165) is 0 Å². The summed E-state index contributed by atoms with van der Waals surface area (Å²) >= 11 is 0. The number of carbonyl (C=O) groups excluding carboxylic acids is 3. The van der Waals surface area contributed by atoms with Crippen LogP contribution in [0.2, 0.25) is 0 Å². The van der Waals surface area contributed by atoms with Crippen LogP contribution in [0.15, 0.2) is 77.0 Å². The van der Waals surface area contributed by atoms with Crippen LogP contribution in [-0.2, 0) is 9.53 Å². The summed E-state index contributed by atoms with van der Waals surface area (Å²) < 4.78 is 23.2. The highest BCUT2D eigenvalue weighted by Gasteiger charge is 2.17. The standard InChI is InChI=1S/C23H19FN2O5/c1-2-30-23(29)16-7-11-18(12-8-16)25-21(27)19(14-15-5-9-17(24)10-6-15)26-22(28)20-4-3-13-31-20/h3-14H,2H2,1H3,(H,25,27)(H,26,28)/b19-14-.